The SMILES string of the molecule is Cc1ccc(Br)cc1CC1=NC(c2ccccc2)Oc2cc(Br)ccc21. The van der Waals surface area contributed by atoms with E-state index in [9.17, 15) is 0 Å². The van der Waals surface area contributed by atoms with E-state index in [0.717, 1.165) is 38.0 Å². The first kappa shape index (κ1) is 17.5. The Balaban J connectivity index is 1.78. The summed E-state index contributed by atoms with van der Waals surface area (Å²) in [4.78, 5) is 4.95. The highest BCUT2D eigenvalue weighted by molar-refractivity contribution is 9.10. The molecule has 3 aromatic carbocycles. The van der Waals surface area contributed by atoms with Crippen molar-refractivity contribution in [1.82, 2.24) is 0 Å². The van der Waals surface area contributed by atoms with Crippen LogP contribution in [0.15, 0.2) is 80.7 Å². The van der Waals surface area contributed by atoms with Crippen molar-refractivity contribution in [3.8, 4) is 5.75 Å². The molecule has 0 spiro atoms. The third kappa shape index (κ3) is 3.62. The number of hydrogen-bond donors (Lipinski definition) is 0. The number of ether oxygens (including phenoxy) is 1. The Morgan fingerprint density at radius 1 is 0.923 bits per heavy atom. The van der Waals surface area contributed by atoms with Crippen molar-refractivity contribution in [3.63, 3.8) is 0 Å². The fourth-order valence-electron chi connectivity index (χ4n) is 3.10. The zero-order valence-corrected chi connectivity index (χ0v) is 17.4. The van der Waals surface area contributed by atoms with Gasteiger partial charge < -0.3 is 4.74 Å². The maximum atomic E-state index is 6.19. The van der Waals surface area contributed by atoms with Crippen molar-refractivity contribution in [2.75, 3.05) is 0 Å². The van der Waals surface area contributed by atoms with Crippen molar-refractivity contribution in [2.24, 2.45) is 4.99 Å². The number of benzene rings is 3. The molecule has 0 bridgehead atoms. The molecule has 4 rings (SSSR count). The van der Waals surface area contributed by atoms with Crippen LogP contribution >= 0.6 is 31.9 Å². The van der Waals surface area contributed by atoms with Gasteiger partial charge in [0.05, 0.1) is 5.71 Å². The molecule has 1 aliphatic heterocycles. The summed E-state index contributed by atoms with van der Waals surface area (Å²) in [5.74, 6) is 0.867. The van der Waals surface area contributed by atoms with Crippen LogP contribution in [0.1, 0.15) is 28.5 Å². The molecule has 3 aromatic rings. The van der Waals surface area contributed by atoms with Gasteiger partial charge in [0.2, 0.25) is 6.23 Å². The molecule has 4 heteroatoms. The quantitative estimate of drug-likeness (QED) is 0.420. The Kier molecular flexibility index (Phi) is 4.96. The standard InChI is InChI=1S/C22H17Br2NO/c1-14-7-8-17(23)11-16(14)12-20-19-10-9-18(24)13-21(19)26-22(25-20)15-5-3-2-4-6-15/h2-11,13,22H,12H2,1H3. The molecule has 0 aromatic heterocycles. The topological polar surface area (TPSA) is 21.6 Å². The summed E-state index contributed by atoms with van der Waals surface area (Å²) in [6.45, 7) is 2.14. The van der Waals surface area contributed by atoms with Crippen molar-refractivity contribution in [1.29, 1.82) is 0 Å². The lowest BCUT2D eigenvalue weighted by molar-refractivity contribution is 0.210. The Hall–Kier alpha value is -1.91. The van der Waals surface area contributed by atoms with Gasteiger partial charge >= 0.3 is 0 Å². The van der Waals surface area contributed by atoms with Crippen LogP contribution in [0.5, 0.6) is 5.75 Å². The third-order valence-electron chi connectivity index (χ3n) is 4.52. The van der Waals surface area contributed by atoms with E-state index in [1.54, 1.807) is 0 Å². The minimum Gasteiger partial charge on any atom is -0.464 e. The number of nitrogens with zero attached hydrogens (tertiary/aromatic N) is 1. The Morgan fingerprint density at radius 3 is 2.46 bits per heavy atom. The summed E-state index contributed by atoms with van der Waals surface area (Å²) in [5.41, 5.74) is 5.69. The largest absolute Gasteiger partial charge is 0.464 e. The monoisotopic (exact) mass is 469 g/mol. The molecule has 26 heavy (non-hydrogen) atoms. The highest BCUT2D eigenvalue weighted by Crippen LogP contribution is 2.35. The summed E-state index contributed by atoms with van der Waals surface area (Å²) in [7, 11) is 0. The molecule has 130 valence electrons. The number of fused-ring (bicyclic) bond motifs is 1. The van der Waals surface area contributed by atoms with E-state index >= 15 is 0 Å². The minimum absolute atomic E-state index is 0.319. The predicted octanol–water partition coefficient (Wildman–Crippen LogP) is 6.64. The second-order valence-electron chi connectivity index (χ2n) is 6.34. The van der Waals surface area contributed by atoms with Gasteiger partial charge in [0.1, 0.15) is 5.75 Å². The first-order valence-corrected chi connectivity index (χ1v) is 10.0. The fraction of sp³-hybridized carbons (Fsp3) is 0.136. The van der Waals surface area contributed by atoms with E-state index in [1.807, 2.05) is 30.3 Å². The number of rotatable bonds is 3. The van der Waals surface area contributed by atoms with Gasteiger partial charge in [-0.25, -0.2) is 4.99 Å². The summed E-state index contributed by atoms with van der Waals surface area (Å²) < 4.78 is 8.28. The maximum Gasteiger partial charge on any atom is 0.216 e. The molecule has 1 aliphatic rings. The summed E-state index contributed by atoms with van der Waals surface area (Å²) in [6, 6.07) is 22.7. The smallest absolute Gasteiger partial charge is 0.216 e. The highest BCUT2D eigenvalue weighted by Gasteiger charge is 2.24. The molecule has 1 heterocycles. The second kappa shape index (κ2) is 7.37. The average Bonchev–Trinajstić information content (AvgIpc) is 2.65. The Labute approximate surface area is 170 Å². The molecule has 0 fully saturated rings. The van der Waals surface area contributed by atoms with Crippen molar-refractivity contribution < 1.29 is 4.74 Å². The molecule has 0 radical (unpaired) electrons. The first-order chi connectivity index (χ1) is 12.6. The van der Waals surface area contributed by atoms with Gasteiger partial charge in [-0.3, -0.25) is 0 Å². The lowest BCUT2D eigenvalue weighted by atomic mass is 9.97. The minimum atomic E-state index is -0.319. The molecule has 0 N–H and O–H groups in total. The average molecular weight is 471 g/mol. The van der Waals surface area contributed by atoms with Crippen LogP contribution in [0.3, 0.4) is 0 Å². The summed E-state index contributed by atoms with van der Waals surface area (Å²) in [6.07, 6.45) is 0.451. The summed E-state index contributed by atoms with van der Waals surface area (Å²) >= 11 is 7.13. The number of halogens is 2. The zero-order valence-electron chi connectivity index (χ0n) is 14.2. The Morgan fingerprint density at radius 2 is 1.65 bits per heavy atom. The molecular formula is C22H17Br2NO. The lowest BCUT2D eigenvalue weighted by Gasteiger charge is -2.25. The molecule has 0 saturated heterocycles. The van der Waals surface area contributed by atoms with Gasteiger partial charge in [-0.15, -0.1) is 0 Å². The van der Waals surface area contributed by atoms with Gasteiger partial charge in [-0.1, -0.05) is 68.3 Å². The predicted molar refractivity (Wildman–Crippen MR) is 113 cm³/mol. The van der Waals surface area contributed by atoms with E-state index in [2.05, 4.69) is 75.2 Å². The van der Waals surface area contributed by atoms with Crippen LogP contribution in [0.25, 0.3) is 0 Å². The van der Waals surface area contributed by atoms with E-state index in [-0.39, 0.29) is 6.23 Å². The fourth-order valence-corrected chi connectivity index (χ4v) is 3.85. The molecule has 2 nitrogen and oxygen atoms in total. The zero-order chi connectivity index (χ0) is 18.1. The van der Waals surface area contributed by atoms with E-state index in [0.29, 0.717) is 0 Å². The number of aryl methyl sites for hydroxylation is 1. The van der Waals surface area contributed by atoms with Crippen molar-refractivity contribution in [3.05, 3.63) is 97.9 Å². The second-order valence-corrected chi connectivity index (χ2v) is 8.18. The Bertz CT molecular complexity index is 983. The number of hydrogen-bond acceptors (Lipinski definition) is 2. The lowest BCUT2D eigenvalue weighted by Crippen LogP contribution is -2.19. The van der Waals surface area contributed by atoms with Gasteiger partial charge in [0.25, 0.3) is 0 Å². The maximum absolute atomic E-state index is 6.19. The molecule has 1 unspecified atom stereocenters. The van der Waals surface area contributed by atoms with Crippen LogP contribution < -0.4 is 4.74 Å². The number of aliphatic imine (C=N–C) groups is 1. The summed E-state index contributed by atoms with van der Waals surface area (Å²) in [5, 5.41) is 0. The van der Waals surface area contributed by atoms with E-state index in [4.69, 9.17) is 9.73 Å². The first-order valence-electron chi connectivity index (χ1n) is 8.43. The van der Waals surface area contributed by atoms with Crippen LogP contribution in [0.2, 0.25) is 0 Å². The van der Waals surface area contributed by atoms with Gasteiger partial charge in [0.15, 0.2) is 0 Å². The van der Waals surface area contributed by atoms with E-state index in [1.165, 1.54) is 11.1 Å². The van der Waals surface area contributed by atoms with Crippen LogP contribution in [0, 0.1) is 6.92 Å². The van der Waals surface area contributed by atoms with Crippen LogP contribution in [0.4, 0.5) is 0 Å². The normalized spacial score (nSPS) is 15.8. The van der Waals surface area contributed by atoms with Gasteiger partial charge in [0, 0.05) is 26.5 Å². The van der Waals surface area contributed by atoms with Crippen LogP contribution in [-0.4, -0.2) is 5.71 Å². The molecule has 0 amide bonds. The van der Waals surface area contributed by atoms with Crippen LogP contribution in [-0.2, 0) is 6.42 Å². The van der Waals surface area contributed by atoms with Gasteiger partial charge in [-0.05, 0) is 48.4 Å². The van der Waals surface area contributed by atoms with Crippen molar-refractivity contribution in [2.45, 2.75) is 19.6 Å². The molecule has 0 saturated carbocycles. The van der Waals surface area contributed by atoms with Crippen molar-refractivity contribution >= 4 is 37.6 Å². The molecule has 0 aliphatic carbocycles. The molecule has 1 atom stereocenters. The third-order valence-corrected chi connectivity index (χ3v) is 5.51. The highest BCUT2D eigenvalue weighted by atomic mass is 79.9. The molecular weight excluding hydrogens is 454 g/mol. The van der Waals surface area contributed by atoms with E-state index < -0.39 is 0 Å². The van der Waals surface area contributed by atoms with Gasteiger partial charge in [-0.2, -0.15) is 0 Å².